The molecule has 2 aromatic carbocycles. The second-order valence-electron chi connectivity index (χ2n) is 5.50. The summed E-state index contributed by atoms with van der Waals surface area (Å²) >= 11 is 0. The summed E-state index contributed by atoms with van der Waals surface area (Å²) in [4.78, 5) is 23.6. The van der Waals surface area contributed by atoms with Crippen LogP contribution in [-0.2, 0) is 0 Å². The number of anilines is 1. The summed E-state index contributed by atoms with van der Waals surface area (Å²) in [5, 5.41) is 3.18. The monoisotopic (exact) mass is 273 g/mol. The van der Waals surface area contributed by atoms with Crippen molar-refractivity contribution in [3.63, 3.8) is 0 Å². The van der Waals surface area contributed by atoms with Gasteiger partial charge < -0.3 is 10.1 Å². The maximum Gasteiger partial charge on any atom is 0.250 e. The van der Waals surface area contributed by atoms with Crippen LogP contribution in [0.3, 0.4) is 0 Å². The van der Waals surface area contributed by atoms with Crippen LogP contribution in [0.25, 0.3) is 11.1 Å². The van der Waals surface area contributed by atoms with Gasteiger partial charge in [-0.15, -0.1) is 0 Å². The minimum Gasteiger partial charge on any atom is -0.497 e. The number of nitrogens with one attached hydrogen (secondary N) is 1. The lowest BCUT2D eigenvalue weighted by molar-refractivity contribution is 0.415. The smallest absolute Gasteiger partial charge is 0.250 e. The van der Waals surface area contributed by atoms with Crippen LogP contribution in [0.4, 0.5) is 5.69 Å². The number of hydrogen-bond donors (Lipinski definition) is 1. The van der Waals surface area contributed by atoms with Crippen LogP contribution in [-0.4, -0.2) is 12.6 Å². The molecule has 0 spiro atoms. The van der Waals surface area contributed by atoms with Gasteiger partial charge in [-0.3, -0.25) is 9.59 Å². The van der Waals surface area contributed by atoms with Gasteiger partial charge in [-0.1, -0.05) is 19.1 Å². The average molecular weight is 273 g/mol. The van der Waals surface area contributed by atoms with Gasteiger partial charge in [0.25, 0.3) is 0 Å². The Morgan fingerprint density at radius 3 is 2.20 bits per heavy atom. The van der Waals surface area contributed by atoms with Gasteiger partial charge in [0.2, 0.25) is 10.9 Å². The Morgan fingerprint density at radius 2 is 1.70 bits per heavy atom. The molecular formula is C16H19NO3. The fourth-order valence-electron chi connectivity index (χ4n) is 1.97. The molecule has 20 heavy (non-hydrogen) atoms. The highest BCUT2D eigenvalue weighted by molar-refractivity contribution is 5.82. The van der Waals surface area contributed by atoms with E-state index in [2.05, 4.69) is 5.32 Å². The second kappa shape index (κ2) is 5.12. The van der Waals surface area contributed by atoms with Crippen LogP contribution in [0.15, 0.2) is 33.9 Å². The van der Waals surface area contributed by atoms with Gasteiger partial charge in [-0.25, -0.2) is 0 Å². The predicted molar refractivity (Wildman–Crippen MR) is 81.3 cm³/mol. The lowest BCUT2D eigenvalue weighted by atomic mass is 9.95. The standard InChI is InChI=1S/C16H19NO3/c1-5-16(2,3)17-13-12(14(18)15(13)19)10-6-8-11(20-4)9-7-10/h6-9,17H,5H2,1-4H3. The van der Waals surface area contributed by atoms with Crippen molar-refractivity contribution in [2.45, 2.75) is 32.7 Å². The Hall–Kier alpha value is -2.10. The van der Waals surface area contributed by atoms with E-state index in [0.717, 1.165) is 17.7 Å². The highest BCUT2D eigenvalue weighted by Crippen LogP contribution is 2.28. The molecule has 106 valence electrons. The molecule has 0 amide bonds. The maximum atomic E-state index is 11.8. The van der Waals surface area contributed by atoms with E-state index in [1.807, 2.05) is 20.8 Å². The summed E-state index contributed by atoms with van der Waals surface area (Å²) in [5.74, 6) is 0.718. The first-order valence-corrected chi connectivity index (χ1v) is 6.65. The molecule has 0 saturated heterocycles. The Balaban J connectivity index is 2.40. The van der Waals surface area contributed by atoms with E-state index in [4.69, 9.17) is 4.74 Å². The number of benzene rings is 1. The van der Waals surface area contributed by atoms with Crippen molar-refractivity contribution in [1.29, 1.82) is 0 Å². The minimum absolute atomic E-state index is 0.219. The molecule has 2 rings (SSSR count). The zero-order valence-electron chi connectivity index (χ0n) is 12.2. The van der Waals surface area contributed by atoms with Crippen LogP contribution in [0.2, 0.25) is 0 Å². The molecule has 4 heteroatoms. The van der Waals surface area contributed by atoms with Crippen LogP contribution in [0.5, 0.6) is 5.75 Å². The molecule has 0 aliphatic heterocycles. The van der Waals surface area contributed by atoms with Gasteiger partial charge in [0.1, 0.15) is 5.75 Å². The predicted octanol–water partition coefficient (Wildman–Crippen LogP) is 2.56. The van der Waals surface area contributed by atoms with E-state index < -0.39 is 10.9 Å². The van der Waals surface area contributed by atoms with Gasteiger partial charge in [-0.2, -0.15) is 0 Å². The van der Waals surface area contributed by atoms with Crippen molar-refractivity contribution in [2.24, 2.45) is 0 Å². The second-order valence-corrected chi connectivity index (χ2v) is 5.50. The number of methoxy groups -OCH3 is 1. The SMILES string of the molecule is CCC(C)(C)Nc1c(-c2ccc(OC)cc2)c(=O)c1=O. The molecule has 0 unspecified atom stereocenters. The maximum absolute atomic E-state index is 11.8. The normalized spacial score (nSPS) is 11.6. The summed E-state index contributed by atoms with van der Waals surface area (Å²) in [7, 11) is 1.59. The van der Waals surface area contributed by atoms with Crippen molar-refractivity contribution in [2.75, 3.05) is 12.4 Å². The molecule has 0 atom stereocenters. The van der Waals surface area contributed by atoms with Gasteiger partial charge in [0.15, 0.2) is 0 Å². The highest BCUT2D eigenvalue weighted by Gasteiger charge is 2.26. The van der Waals surface area contributed by atoms with Crippen molar-refractivity contribution in [1.82, 2.24) is 0 Å². The summed E-state index contributed by atoms with van der Waals surface area (Å²) in [6, 6.07) is 7.14. The third-order valence-corrected chi connectivity index (χ3v) is 3.64. The first-order chi connectivity index (χ1) is 9.39. The first-order valence-electron chi connectivity index (χ1n) is 6.65. The van der Waals surface area contributed by atoms with Crippen molar-refractivity contribution < 1.29 is 4.74 Å². The molecule has 4 nitrogen and oxygen atoms in total. The van der Waals surface area contributed by atoms with Crippen LogP contribution in [0.1, 0.15) is 27.2 Å². The van der Waals surface area contributed by atoms with E-state index in [1.54, 1.807) is 31.4 Å². The van der Waals surface area contributed by atoms with E-state index in [1.165, 1.54) is 0 Å². The third-order valence-electron chi connectivity index (χ3n) is 3.64. The molecule has 0 aromatic heterocycles. The van der Waals surface area contributed by atoms with E-state index >= 15 is 0 Å². The molecule has 0 fully saturated rings. The van der Waals surface area contributed by atoms with Crippen LogP contribution >= 0.6 is 0 Å². The Kier molecular flexibility index (Phi) is 3.66. The quantitative estimate of drug-likeness (QED) is 0.851. The summed E-state index contributed by atoms with van der Waals surface area (Å²) < 4.78 is 5.09. The zero-order chi connectivity index (χ0) is 14.9. The number of ether oxygens (including phenoxy) is 1. The molecule has 0 bridgehead atoms. The molecule has 0 heterocycles. The first kappa shape index (κ1) is 14.3. The molecule has 0 saturated carbocycles. The zero-order valence-corrected chi connectivity index (χ0v) is 12.2. The van der Waals surface area contributed by atoms with Gasteiger partial charge in [0, 0.05) is 5.54 Å². The summed E-state index contributed by atoms with van der Waals surface area (Å²) in [6.07, 6.45) is 0.855. The van der Waals surface area contributed by atoms with Gasteiger partial charge in [-0.05, 0) is 38.0 Å². The third kappa shape index (κ3) is 2.46. The summed E-state index contributed by atoms with van der Waals surface area (Å²) in [6.45, 7) is 6.04. The van der Waals surface area contributed by atoms with Gasteiger partial charge in [0.05, 0.1) is 18.4 Å². The molecule has 1 N–H and O–H groups in total. The fourth-order valence-corrected chi connectivity index (χ4v) is 1.97. The van der Waals surface area contributed by atoms with Crippen LogP contribution in [0, 0.1) is 0 Å². The lowest BCUT2D eigenvalue weighted by Crippen LogP contribution is -2.42. The minimum atomic E-state index is -0.433. The van der Waals surface area contributed by atoms with Crippen molar-refractivity contribution >= 4 is 5.69 Å². The fraction of sp³-hybridized carbons (Fsp3) is 0.375. The number of hydrogen-bond acceptors (Lipinski definition) is 4. The highest BCUT2D eigenvalue weighted by atomic mass is 16.5. The average Bonchev–Trinajstić information content (AvgIpc) is 2.47. The molecule has 0 radical (unpaired) electrons. The number of rotatable bonds is 5. The molecule has 2 aromatic rings. The molecule has 0 aliphatic carbocycles. The lowest BCUT2D eigenvalue weighted by Gasteiger charge is -2.27. The Morgan fingerprint density at radius 1 is 1.10 bits per heavy atom. The van der Waals surface area contributed by atoms with Crippen molar-refractivity contribution in [3.8, 4) is 16.9 Å². The topological polar surface area (TPSA) is 55.4 Å². The van der Waals surface area contributed by atoms with E-state index in [-0.39, 0.29) is 5.54 Å². The Labute approximate surface area is 118 Å². The van der Waals surface area contributed by atoms with Crippen LogP contribution < -0.4 is 20.9 Å². The van der Waals surface area contributed by atoms with Gasteiger partial charge >= 0.3 is 0 Å². The molecular weight excluding hydrogens is 254 g/mol. The van der Waals surface area contributed by atoms with E-state index in [0.29, 0.717) is 11.3 Å². The Bertz CT molecular complexity index is 677. The van der Waals surface area contributed by atoms with Crippen molar-refractivity contribution in [3.05, 3.63) is 44.7 Å². The molecule has 0 aliphatic rings. The largest absolute Gasteiger partial charge is 0.497 e. The van der Waals surface area contributed by atoms with E-state index in [9.17, 15) is 9.59 Å². The summed E-state index contributed by atoms with van der Waals surface area (Å²) in [5.41, 5.74) is 0.557.